The first-order valence-electron chi connectivity index (χ1n) is 29.3. The Morgan fingerprint density at radius 2 is 1.00 bits per heavy atom. The minimum atomic E-state index is -0.136. The standard InChI is InChI=1S/C72H70BN3S2/c1-67(2)34-35-68(3,4)50-38-43(28-30-48(50)67)74-57-42-52-51(69(5,6)36-37-70(52,7)8)41-54(57)73-53-31-29-46-45-20-11-15-25-60(45)78-66(46)65(53)75(56-24-19-27-62-63(56)47-21-12-16-26-61(47)77-62)59-40-44(39-58(74)64(59)73)76-55-23-14-13-22-49(55)71(9)32-17-18-33-72(71,76)10/h11-16,19-31,38-42H,17-18,32-37H2,1-10H3. The Kier molecular flexibility index (Phi) is 9.61. The van der Waals surface area contributed by atoms with Crippen LogP contribution in [0.25, 0.3) is 40.3 Å². The summed E-state index contributed by atoms with van der Waals surface area (Å²) < 4.78 is 5.36. The van der Waals surface area contributed by atoms with Crippen molar-refractivity contribution in [1.29, 1.82) is 0 Å². The third-order valence-corrected chi connectivity index (χ3v) is 23.8. The number of fused-ring (bicyclic) bond motifs is 16. The molecule has 16 rings (SSSR count). The predicted octanol–water partition coefficient (Wildman–Crippen LogP) is 18.9. The highest BCUT2D eigenvalue weighted by Crippen LogP contribution is 2.63. The van der Waals surface area contributed by atoms with Crippen LogP contribution in [0.15, 0.2) is 146 Å². The van der Waals surface area contributed by atoms with Crippen LogP contribution in [0.3, 0.4) is 0 Å². The molecule has 3 nitrogen and oxygen atoms in total. The fourth-order valence-electron chi connectivity index (χ4n) is 16.7. The van der Waals surface area contributed by atoms with Crippen LogP contribution < -0.4 is 31.1 Å². The van der Waals surface area contributed by atoms with Crippen LogP contribution in [0, 0.1) is 0 Å². The van der Waals surface area contributed by atoms with E-state index >= 15 is 0 Å². The van der Waals surface area contributed by atoms with E-state index in [0.717, 1.165) is 6.42 Å². The molecule has 2 atom stereocenters. The molecular weight excluding hydrogens is 982 g/mol. The molecule has 0 saturated heterocycles. The van der Waals surface area contributed by atoms with Crippen molar-refractivity contribution in [3.8, 4) is 0 Å². The van der Waals surface area contributed by atoms with Gasteiger partial charge in [0.05, 0.1) is 21.6 Å². The first-order chi connectivity index (χ1) is 37.4. The van der Waals surface area contributed by atoms with Gasteiger partial charge < -0.3 is 14.7 Å². The number of thiophene rings is 2. The second-order valence-corrected chi connectivity index (χ2v) is 29.8. The van der Waals surface area contributed by atoms with Crippen molar-refractivity contribution in [3.63, 3.8) is 0 Å². The lowest BCUT2D eigenvalue weighted by atomic mass is 9.33. The lowest BCUT2D eigenvalue weighted by molar-refractivity contribution is 0.195. The summed E-state index contributed by atoms with van der Waals surface area (Å²) in [6, 6.07) is 58.5. The SMILES string of the molecule is CC1(C)CCC(C)(C)c2cc(N3c4cc5c(cc4B4c6ccc7c(sc8ccccc87)c6N(c6cccc7sc8ccccc8c67)c6cc(N7c8ccccc8C8(C)CCCCC78C)cc3c64)C(C)(C)CCC5(C)C)ccc21. The van der Waals surface area contributed by atoms with Gasteiger partial charge in [0.1, 0.15) is 0 Å². The predicted molar refractivity (Wildman–Crippen MR) is 340 cm³/mol. The Bertz CT molecular complexity index is 4260. The number of para-hydroxylation sites is 1. The van der Waals surface area contributed by atoms with E-state index in [1.54, 1.807) is 0 Å². The number of hydrogen-bond donors (Lipinski definition) is 0. The maximum absolute atomic E-state index is 2.85. The smallest absolute Gasteiger partial charge is 0.252 e. The molecule has 1 saturated carbocycles. The highest BCUT2D eigenvalue weighted by atomic mass is 32.1. The number of rotatable bonds is 3. The summed E-state index contributed by atoms with van der Waals surface area (Å²) in [5, 5.41) is 5.34. The molecule has 10 aromatic rings. The van der Waals surface area contributed by atoms with Crippen molar-refractivity contribution in [2.24, 2.45) is 0 Å². The summed E-state index contributed by atoms with van der Waals surface area (Å²) in [7, 11) is 0. The zero-order chi connectivity index (χ0) is 53.2. The zero-order valence-electron chi connectivity index (χ0n) is 47.2. The lowest BCUT2D eigenvalue weighted by Crippen LogP contribution is -2.62. The van der Waals surface area contributed by atoms with E-state index in [2.05, 4.69) is 230 Å². The molecule has 6 aliphatic rings. The molecule has 0 bridgehead atoms. The van der Waals surface area contributed by atoms with E-state index in [4.69, 9.17) is 0 Å². The van der Waals surface area contributed by atoms with Gasteiger partial charge in [-0.25, -0.2) is 0 Å². The molecule has 0 amide bonds. The van der Waals surface area contributed by atoms with Gasteiger partial charge in [-0.15, -0.1) is 22.7 Å². The quantitative estimate of drug-likeness (QED) is 0.163. The van der Waals surface area contributed by atoms with Crippen molar-refractivity contribution in [2.75, 3.05) is 14.7 Å². The summed E-state index contributed by atoms with van der Waals surface area (Å²) in [6.07, 6.45) is 9.51. The van der Waals surface area contributed by atoms with Crippen LogP contribution in [0.2, 0.25) is 0 Å². The van der Waals surface area contributed by atoms with Crippen LogP contribution in [0.1, 0.15) is 148 Å². The molecule has 2 aromatic heterocycles. The summed E-state index contributed by atoms with van der Waals surface area (Å²) >= 11 is 3.91. The third-order valence-electron chi connectivity index (χ3n) is 21.5. The molecule has 388 valence electrons. The maximum atomic E-state index is 2.85. The monoisotopic (exact) mass is 1050 g/mol. The molecule has 3 aliphatic heterocycles. The van der Waals surface area contributed by atoms with Crippen LogP contribution in [-0.2, 0) is 27.1 Å². The van der Waals surface area contributed by atoms with Gasteiger partial charge in [-0.3, -0.25) is 0 Å². The molecule has 3 aliphatic carbocycles. The molecule has 78 heavy (non-hydrogen) atoms. The molecule has 2 unspecified atom stereocenters. The number of nitrogens with zero attached hydrogens (tertiary/aromatic N) is 3. The molecule has 8 aromatic carbocycles. The van der Waals surface area contributed by atoms with Gasteiger partial charge in [0.15, 0.2) is 0 Å². The van der Waals surface area contributed by atoms with Gasteiger partial charge in [-0.05, 0) is 172 Å². The van der Waals surface area contributed by atoms with Gasteiger partial charge in [-0.1, -0.05) is 160 Å². The fourth-order valence-corrected chi connectivity index (χ4v) is 19.1. The largest absolute Gasteiger partial charge is 0.334 e. The van der Waals surface area contributed by atoms with E-state index < -0.39 is 0 Å². The van der Waals surface area contributed by atoms with Crippen LogP contribution in [0.4, 0.5) is 45.5 Å². The van der Waals surface area contributed by atoms with Gasteiger partial charge >= 0.3 is 0 Å². The van der Waals surface area contributed by atoms with Crippen molar-refractivity contribution < 1.29 is 0 Å². The third kappa shape index (κ3) is 6.17. The highest BCUT2D eigenvalue weighted by molar-refractivity contribution is 7.27. The van der Waals surface area contributed by atoms with Crippen LogP contribution in [-0.4, -0.2) is 12.3 Å². The first kappa shape index (κ1) is 47.6. The van der Waals surface area contributed by atoms with Crippen LogP contribution >= 0.6 is 22.7 Å². The van der Waals surface area contributed by atoms with Gasteiger partial charge in [0.2, 0.25) is 0 Å². The van der Waals surface area contributed by atoms with Crippen molar-refractivity contribution in [3.05, 3.63) is 173 Å². The summed E-state index contributed by atoms with van der Waals surface area (Å²) in [5.41, 5.74) is 22.3. The van der Waals surface area contributed by atoms with Gasteiger partial charge in [0, 0.05) is 75.2 Å². The van der Waals surface area contributed by atoms with Gasteiger partial charge in [-0.2, -0.15) is 0 Å². The zero-order valence-corrected chi connectivity index (χ0v) is 48.9. The first-order valence-corrected chi connectivity index (χ1v) is 30.9. The Morgan fingerprint density at radius 3 is 1.76 bits per heavy atom. The van der Waals surface area contributed by atoms with E-state index in [1.807, 2.05) is 22.7 Å². The summed E-state index contributed by atoms with van der Waals surface area (Å²) in [6.45, 7) is 25.2. The Balaban J connectivity index is 1.10. The molecule has 0 radical (unpaired) electrons. The van der Waals surface area contributed by atoms with Crippen molar-refractivity contribution in [1.82, 2.24) is 0 Å². The number of anilines is 8. The average Bonchev–Trinajstić information content (AvgIpc) is 3.90. The number of benzene rings is 8. The highest BCUT2D eigenvalue weighted by Gasteiger charge is 2.58. The summed E-state index contributed by atoms with van der Waals surface area (Å²) in [5.74, 6) is 0. The van der Waals surface area contributed by atoms with Gasteiger partial charge in [0.25, 0.3) is 6.71 Å². The summed E-state index contributed by atoms with van der Waals surface area (Å²) in [4.78, 5) is 8.44. The van der Waals surface area contributed by atoms with E-state index in [1.165, 1.54) is 175 Å². The Morgan fingerprint density at radius 1 is 0.397 bits per heavy atom. The topological polar surface area (TPSA) is 9.72 Å². The molecule has 5 heterocycles. The molecule has 0 N–H and O–H groups in total. The fraction of sp³-hybridized carbons (Fsp3) is 0.333. The van der Waals surface area contributed by atoms with E-state index in [-0.39, 0.29) is 39.3 Å². The van der Waals surface area contributed by atoms with E-state index in [9.17, 15) is 0 Å². The molecule has 6 heteroatoms. The Labute approximate surface area is 470 Å². The maximum Gasteiger partial charge on any atom is 0.252 e. The normalized spacial score (nSPS) is 22.7. The Hall–Kier alpha value is -6.34. The molecule has 0 spiro atoms. The minimum Gasteiger partial charge on any atom is -0.334 e. The van der Waals surface area contributed by atoms with Crippen molar-refractivity contribution in [2.45, 2.75) is 153 Å². The van der Waals surface area contributed by atoms with Crippen LogP contribution in [0.5, 0.6) is 0 Å². The minimum absolute atomic E-state index is 0.00512. The van der Waals surface area contributed by atoms with E-state index in [0.29, 0.717) is 0 Å². The molecule has 1 fully saturated rings. The second kappa shape index (κ2) is 15.7. The lowest BCUT2D eigenvalue weighted by Gasteiger charge is -2.51. The average molecular weight is 1050 g/mol. The molecular formula is C72H70BN3S2. The van der Waals surface area contributed by atoms with Crippen molar-refractivity contribution >= 4 is 132 Å². The number of hydrogen-bond acceptors (Lipinski definition) is 5. The second-order valence-electron chi connectivity index (χ2n) is 27.6.